The zero-order valence-electron chi connectivity index (χ0n) is 27.6. The highest BCUT2D eigenvalue weighted by atomic mass is 32.2. The van der Waals surface area contributed by atoms with Gasteiger partial charge in [0.05, 0.1) is 24.2 Å². The number of benzene rings is 1. The summed E-state index contributed by atoms with van der Waals surface area (Å²) in [6.07, 6.45) is 5.19. The lowest BCUT2D eigenvalue weighted by Crippen LogP contribution is -2.72. The van der Waals surface area contributed by atoms with Crippen molar-refractivity contribution in [1.29, 1.82) is 0 Å². The average molecular weight is 635 g/mol. The average Bonchev–Trinajstić information content (AvgIpc) is 3.21. The number of fused-ring (bicyclic) bond motifs is 4. The van der Waals surface area contributed by atoms with Crippen LogP contribution in [0.1, 0.15) is 72.3 Å². The highest BCUT2D eigenvalue weighted by Gasteiger charge is 2.72. The van der Waals surface area contributed by atoms with E-state index in [0.29, 0.717) is 29.9 Å². The maximum atomic E-state index is 13.3. The van der Waals surface area contributed by atoms with Crippen molar-refractivity contribution in [3.63, 3.8) is 0 Å². The summed E-state index contributed by atoms with van der Waals surface area (Å²) in [6, 6.07) is 7.30. The maximum Gasteiger partial charge on any atom is 0.229 e. The van der Waals surface area contributed by atoms with Gasteiger partial charge in [0.25, 0.3) is 0 Å². The highest BCUT2D eigenvalue weighted by Crippen LogP contribution is 2.63. The summed E-state index contributed by atoms with van der Waals surface area (Å²) >= 11 is 0. The van der Waals surface area contributed by atoms with Gasteiger partial charge in [-0.05, 0) is 93.2 Å². The van der Waals surface area contributed by atoms with Gasteiger partial charge in [-0.15, -0.1) is 0 Å². The lowest BCUT2D eigenvalue weighted by Gasteiger charge is -2.56. The molecule has 0 amide bonds. The van der Waals surface area contributed by atoms with Crippen molar-refractivity contribution in [1.82, 2.24) is 0 Å². The largest absolute Gasteiger partial charge is 0.489 e. The van der Waals surface area contributed by atoms with Crippen LogP contribution in [0, 0.1) is 41.4 Å². The van der Waals surface area contributed by atoms with Gasteiger partial charge in [-0.1, -0.05) is 32.9 Å². The third-order valence-electron chi connectivity index (χ3n) is 12.1. The fourth-order valence-corrected chi connectivity index (χ4v) is 10.4. The van der Waals surface area contributed by atoms with E-state index in [2.05, 4.69) is 31.6 Å². The van der Waals surface area contributed by atoms with Gasteiger partial charge in [0.2, 0.25) is 10.0 Å². The van der Waals surface area contributed by atoms with E-state index < -0.39 is 38.8 Å². The summed E-state index contributed by atoms with van der Waals surface area (Å²) in [4.78, 5) is 0. The Morgan fingerprint density at radius 2 is 1.80 bits per heavy atom. The van der Waals surface area contributed by atoms with Crippen LogP contribution in [0.15, 0.2) is 30.3 Å². The lowest BCUT2D eigenvalue weighted by atomic mass is 9.57. The van der Waals surface area contributed by atoms with Crippen LogP contribution in [-0.2, 0) is 24.2 Å². The Balaban J connectivity index is 1.77. The van der Waals surface area contributed by atoms with Gasteiger partial charge < -0.3 is 30.2 Å². The van der Waals surface area contributed by atoms with Gasteiger partial charge in [-0.3, -0.25) is 4.72 Å². The van der Waals surface area contributed by atoms with Crippen LogP contribution in [0.5, 0.6) is 0 Å². The minimum atomic E-state index is -3.54. The lowest BCUT2D eigenvalue weighted by molar-refractivity contribution is -0.257. The van der Waals surface area contributed by atoms with Crippen LogP contribution >= 0.6 is 0 Å². The molecular weight excluding hydrogens is 580 g/mol. The molecule has 5 N–H and O–H groups in total. The Morgan fingerprint density at radius 3 is 2.43 bits per heavy atom. The minimum Gasteiger partial charge on any atom is -0.489 e. The summed E-state index contributed by atoms with van der Waals surface area (Å²) in [5, 5.41) is 26.4. The predicted octanol–water partition coefficient (Wildman–Crippen LogP) is 4.39. The van der Waals surface area contributed by atoms with Crippen molar-refractivity contribution in [3.8, 4) is 0 Å². The van der Waals surface area contributed by atoms with Crippen molar-refractivity contribution in [3.05, 3.63) is 35.9 Å². The van der Waals surface area contributed by atoms with Crippen molar-refractivity contribution in [2.45, 2.75) is 102 Å². The second-order valence-electron chi connectivity index (χ2n) is 14.8. The molecular formula is C34H54N2O7S. The number of rotatable bonds is 7. The fourth-order valence-electron chi connectivity index (χ4n) is 9.80. The normalized spacial score (nSPS) is 45.8. The Labute approximate surface area is 264 Å². The number of methoxy groups -OCH3 is 2. The van der Waals surface area contributed by atoms with Crippen LogP contribution in [-0.4, -0.2) is 74.2 Å². The molecule has 2 aliphatic heterocycles. The molecule has 1 aromatic carbocycles. The summed E-state index contributed by atoms with van der Waals surface area (Å²) < 4.78 is 46.2. The number of ether oxygens (including phenoxy) is 3. The van der Waals surface area contributed by atoms with Crippen LogP contribution in [0.2, 0.25) is 0 Å². The second kappa shape index (κ2) is 11.8. The molecule has 6 rings (SSSR count). The summed E-state index contributed by atoms with van der Waals surface area (Å²) in [6.45, 7) is 10.5. The third kappa shape index (κ3) is 5.41. The van der Waals surface area contributed by atoms with Crippen LogP contribution < -0.4 is 10.5 Å². The predicted molar refractivity (Wildman–Crippen MR) is 172 cm³/mol. The summed E-state index contributed by atoms with van der Waals surface area (Å²) in [7, 11) is -0.281. The van der Waals surface area contributed by atoms with Crippen molar-refractivity contribution in [2.75, 3.05) is 25.2 Å². The molecule has 248 valence electrons. The van der Waals surface area contributed by atoms with Gasteiger partial charge in [0, 0.05) is 37.7 Å². The van der Waals surface area contributed by atoms with E-state index in [0.717, 1.165) is 19.1 Å². The second-order valence-corrected chi connectivity index (χ2v) is 16.6. The molecule has 9 nitrogen and oxygen atoms in total. The molecule has 0 saturated heterocycles. The summed E-state index contributed by atoms with van der Waals surface area (Å²) in [5.41, 5.74) is 4.52. The molecule has 10 heteroatoms. The minimum absolute atomic E-state index is 0.0238. The first-order valence-electron chi connectivity index (χ1n) is 16.2. The van der Waals surface area contributed by atoms with Crippen molar-refractivity contribution >= 4 is 21.5 Å². The molecule has 0 aromatic heterocycles. The molecule has 1 aromatic rings. The number of anilines is 1. The van der Waals surface area contributed by atoms with Crippen LogP contribution in [0.3, 0.4) is 0 Å². The van der Waals surface area contributed by atoms with Crippen molar-refractivity contribution < 1.29 is 32.8 Å². The smallest absolute Gasteiger partial charge is 0.229 e. The Bertz CT molecular complexity index is 1350. The number of hydrogen-bond donors (Lipinski definition) is 4. The van der Waals surface area contributed by atoms with Gasteiger partial charge in [0.1, 0.15) is 23.1 Å². The van der Waals surface area contributed by atoms with E-state index in [9.17, 15) is 18.6 Å². The monoisotopic (exact) mass is 634 g/mol. The Morgan fingerprint density at radius 1 is 1.11 bits per heavy atom. The van der Waals surface area contributed by atoms with E-state index in [1.807, 2.05) is 26.0 Å². The molecule has 3 fully saturated rings. The Kier molecular flexibility index (Phi) is 9.06. The zero-order chi connectivity index (χ0) is 32.4. The molecule has 5 aliphatic rings. The fraction of sp³-hybridized carbons (Fsp3) is 0.765. The zero-order valence-corrected chi connectivity index (χ0v) is 28.4. The van der Waals surface area contributed by atoms with Gasteiger partial charge in [0.15, 0.2) is 0 Å². The number of hydrogen-bond acceptors (Lipinski definition) is 8. The number of nitrogens with one attached hydrogen (secondary N) is 1. The number of nitrogens with two attached hydrogens (primary N) is 1. The van der Waals surface area contributed by atoms with E-state index in [1.54, 1.807) is 26.4 Å². The molecule has 2 heterocycles. The van der Waals surface area contributed by atoms with Crippen LogP contribution in [0.25, 0.3) is 5.76 Å². The van der Waals surface area contributed by atoms with Gasteiger partial charge in [-0.2, -0.15) is 0 Å². The first-order chi connectivity index (χ1) is 20.5. The standard InChI is InChI=1S/C34H54N2O7S/c1-19-13-14-23-16-28(24-11-9-10-12-27(24)36-44(8,39)40)43-30(19)25-17-29(32(23,5)35)33(37,18-21(3)41-6)34(38)26(22(25)4)15-20(2)31(34)42-7/h9-12,16,19-23,25-26,29-31,36-38H,13-15,17-18,35H2,1-8H3/b28-16+/t19-,20-,21+,22?,23+,25?,26?,29?,30+,31-,32-,33-,34-/m0/s1. The van der Waals surface area contributed by atoms with E-state index in [4.69, 9.17) is 19.9 Å². The number of sulfonamides is 1. The van der Waals surface area contributed by atoms with Gasteiger partial charge in [-0.25, -0.2) is 8.42 Å². The van der Waals surface area contributed by atoms with E-state index in [1.165, 1.54) is 0 Å². The van der Waals surface area contributed by atoms with Crippen molar-refractivity contribution in [2.24, 2.45) is 47.2 Å². The molecule has 13 atom stereocenters. The topological polar surface area (TPSA) is 140 Å². The SMILES string of the molecule is CO[C@H](C)C[C@]1(O)C2CC(C(C)C3C[C@H](C)[C@H](OC)[C@@]31O)[C@@H]1O/C(c3ccccc3NS(C)(=O)=O)=C/[C@@H](CC[C@@H]1C)[C@]2(C)N. The van der Waals surface area contributed by atoms with Gasteiger partial charge >= 0.3 is 0 Å². The quantitative estimate of drug-likeness (QED) is 0.346. The maximum absolute atomic E-state index is 13.3. The number of aliphatic hydroxyl groups is 2. The summed E-state index contributed by atoms with van der Waals surface area (Å²) in [5.74, 6) is -0.297. The first-order valence-corrected chi connectivity index (χ1v) is 18.1. The molecule has 4 unspecified atom stereocenters. The van der Waals surface area contributed by atoms with E-state index in [-0.39, 0.29) is 54.1 Å². The molecule has 3 saturated carbocycles. The third-order valence-corrected chi connectivity index (χ3v) is 12.6. The number of para-hydroxylation sites is 1. The van der Waals surface area contributed by atoms with E-state index >= 15 is 0 Å². The molecule has 44 heavy (non-hydrogen) atoms. The Hall–Kier alpha value is -1.69. The van der Waals surface area contributed by atoms with Crippen LogP contribution in [0.4, 0.5) is 5.69 Å². The molecule has 0 radical (unpaired) electrons. The highest BCUT2D eigenvalue weighted by molar-refractivity contribution is 7.92. The molecule has 3 aliphatic carbocycles. The first kappa shape index (κ1) is 33.7. The molecule has 0 spiro atoms. The molecule has 4 bridgehead atoms.